The van der Waals surface area contributed by atoms with E-state index in [9.17, 15) is 13.2 Å². The third kappa shape index (κ3) is 1.95. The summed E-state index contributed by atoms with van der Waals surface area (Å²) in [6.07, 6.45) is 3.74. The Bertz CT molecular complexity index is 721. The lowest BCUT2D eigenvalue weighted by molar-refractivity contribution is 0.0563. The van der Waals surface area contributed by atoms with Gasteiger partial charge in [0, 0.05) is 12.1 Å². The standard InChI is InChI=1S/C15H19NO5S/c1-7-11(6-10(21-7)15(17)20-2)22(18,19)16-14-12-8-3-4-9(5-8)13(12)14/h6,8-9,12-14,16H,3-5H2,1-2H3/t8-,9-,12-,13-/m0/s1. The van der Waals surface area contributed by atoms with Gasteiger partial charge in [-0.1, -0.05) is 0 Å². The summed E-state index contributed by atoms with van der Waals surface area (Å²) in [5.41, 5.74) is 0. The molecule has 0 unspecified atom stereocenters. The molecule has 22 heavy (non-hydrogen) atoms. The Morgan fingerprint density at radius 1 is 1.32 bits per heavy atom. The maximum atomic E-state index is 12.6. The highest BCUT2D eigenvalue weighted by Gasteiger charge is 2.65. The zero-order valence-electron chi connectivity index (χ0n) is 12.5. The molecule has 1 heterocycles. The SMILES string of the molecule is COC(=O)c1cc(S(=O)(=O)NC2[C@H]3[C@H]4CC[C@@H](C4)[C@H]23)c(C)o1. The molecule has 0 aromatic carbocycles. The van der Waals surface area contributed by atoms with Crippen LogP contribution in [-0.2, 0) is 14.8 Å². The molecule has 3 aliphatic rings. The monoisotopic (exact) mass is 325 g/mol. The minimum Gasteiger partial charge on any atom is -0.463 e. The quantitative estimate of drug-likeness (QED) is 0.852. The van der Waals surface area contributed by atoms with E-state index in [2.05, 4.69) is 9.46 Å². The second-order valence-electron chi connectivity index (χ2n) is 6.66. The Kier molecular flexibility index (Phi) is 2.97. The van der Waals surface area contributed by atoms with E-state index < -0.39 is 16.0 Å². The van der Waals surface area contributed by atoms with E-state index in [0.29, 0.717) is 23.7 Å². The molecule has 2 bridgehead atoms. The van der Waals surface area contributed by atoms with E-state index in [1.807, 2.05) is 0 Å². The third-order valence-electron chi connectivity index (χ3n) is 5.57. The second-order valence-corrected chi connectivity index (χ2v) is 8.34. The van der Waals surface area contributed by atoms with Crippen LogP contribution < -0.4 is 4.72 Å². The molecule has 1 aromatic heterocycles. The van der Waals surface area contributed by atoms with Crippen LogP contribution >= 0.6 is 0 Å². The summed E-state index contributed by atoms with van der Waals surface area (Å²) in [6.45, 7) is 1.54. The molecule has 1 aromatic rings. The number of hydrogen-bond donors (Lipinski definition) is 1. The molecule has 0 radical (unpaired) electrons. The summed E-state index contributed by atoms with van der Waals surface area (Å²) in [5.74, 6) is 1.86. The molecule has 4 rings (SSSR count). The van der Waals surface area contributed by atoms with Crippen LogP contribution in [0.4, 0.5) is 0 Å². The van der Waals surface area contributed by atoms with Crippen molar-refractivity contribution in [2.75, 3.05) is 7.11 Å². The van der Waals surface area contributed by atoms with Gasteiger partial charge in [-0.05, 0) is 49.9 Å². The molecule has 0 aliphatic heterocycles. The molecule has 0 saturated heterocycles. The average molecular weight is 325 g/mol. The molecule has 3 aliphatic carbocycles. The van der Waals surface area contributed by atoms with Gasteiger partial charge in [-0.15, -0.1) is 0 Å². The molecule has 3 fully saturated rings. The number of rotatable bonds is 4. The molecular formula is C15H19NO5S. The Balaban J connectivity index is 1.55. The first-order chi connectivity index (χ1) is 10.4. The van der Waals surface area contributed by atoms with Crippen molar-refractivity contribution >= 4 is 16.0 Å². The van der Waals surface area contributed by atoms with Gasteiger partial charge in [0.15, 0.2) is 0 Å². The Morgan fingerprint density at radius 3 is 2.55 bits per heavy atom. The highest BCUT2D eigenvalue weighted by atomic mass is 32.2. The fraction of sp³-hybridized carbons (Fsp3) is 0.667. The Hall–Kier alpha value is -1.34. The fourth-order valence-electron chi connectivity index (χ4n) is 4.66. The number of sulfonamides is 1. The van der Waals surface area contributed by atoms with Crippen LogP contribution in [0, 0.1) is 30.6 Å². The normalized spacial score (nSPS) is 35.5. The van der Waals surface area contributed by atoms with E-state index in [4.69, 9.17) is 4.42 Å². The highest BCUT2D eigenvalue weighted by Crippen LogP contribution is 2.65. The van der Waals surface area contributed by atoms with E-state index in [1.54, 1.807) is 6.92 Å². The van der Waals surface area contributed by atoms with Crippen molar-refractivity contribution in [3.05, 3.63) is 17.6 Å². The largest absolute Gasteiger partial charge is 0.463 e. The lowest BCUT2D eigenvalue weighted by atomic mass is 10.0. The van der Waals surface area contributed by atoms with Crippen molar-refractivity contribution < 1.29 is 22.4 Å². The van der Waals surface area contributed by atoms with Crippen LogP contribution in [0.15, 0.2) is 15.4 Å². The summed E-state index contributed by atoms with van der Waals surface area (Å²) >= 11 is 0. The van der Waals surface area contributed by atoms with Crippen LogP contribution in [0.3, 0.4) is 0 Å². The number of fused-ring (bicyclic) bond motifs is 5. The predicted octanol–water partition coefficient (Wildman–Crippen LogP) is 1.70. The summed E-state index contributed by atoms with van der Waals surface area (Å²) in [4.78, 5) is 11.5. The second kappa shape index (κ2) is 4.58. The minimum absolute atomic E-state index is 0.0326. The molecule has 6 nitrogen and oxygen atoms in total. The third-order valence-corrected chi connectivity index (χ3v) is 7.14. The topological polar surface area (TPSA) is 85.6 Å². The van der Waals surface area contributed by atoms with E-state index in [0.717, 1.165) is 0 Å². The van der Waals surface area contributed by atoms with Gasteiger partial charge in [0.05, 0.1) is 7.11 Å². The molecule has 3 saturated carbocycles. The van der Waals surface area contributed by atoms with Gasteiger partial charge in [0.1, 0.15) is 10.7 Å². The number of methoxy groups -OCH3 is 1. The lowest BCUT2D eigenvalue weighted by Gasteiger charge is -2.10. The zero-order chi connectivity index (χ0) is 15.6. The van der Waals surface area contributed by atoms with Crippen molar-refractivity contribution in [3.63, 3.8) is 0 Å². The van der Waals surface area contributed by atoms with Crippen molar-refractivity contribution in [2.24, 2.45) is 23.7 Å². The number of hydrogen-bond acceptors (Lipinski definition) is 5. The van der Waals surface area contributed by atoms with Gasteiger partial charge < -0.3 is 9.15 Å². The molecule has 1 N–H and O–H groups in total. The number of esters is 1. The summed E-state index contributed by atoms with van der Waals surface area (Å²) in [5, 5.41) is 0. The molecular weight excluding hydrogens is 306 g/mol. The number of nitrogens with one attached hydrogen (secondary N) is 1. The van der Waals surface area contributed by atoms with Gasteiger partial charge in [0.2, 0.25) is 15.8 Å². The molecule has 120 valence electrons. The van der Waals surface area contributed by atoms with Crippen LogP contribution in [0.1, 0.15) is 35.6 Å². The predicted molar refractivity (Wildman–Crippen MR) is 76.7 cm³/mol. The van der Waals surface area contributed by atoms with Crippen molar-refractivity contribution in [3.8, 4) is 0 Å². The number of ether oxygens (including phenoxy) is 1. The van der Waals surface area contributed by atoms with Gasteiger partial charge in [-0.3, -0.25) is 0 Å². The van der Waals surface area contributed by atoms with Gasteiger partial charge in [-0.2, -0.15) is 0 Å². The first-order valence-electron chi connectivity index (χ1n) is 7.63. The minimum atomic E-state index is -3.66. The van der Waals surface area contributed by atoms with Crippen molar-refractivity contribution in [2.45, 2.75) is 37.1 Å². The molecule has 7 heteroatoms. The van der Waals surface area contributed by atoms with E-state index >= 15 is 0 Å². The van der Waals surface area contributed by atoms with Crippen LogP contribution in [-0.4, -0.2) is 27.5 Å². The summed E-state index contributed by atoms with van der Waals surface area (Å²) < 4.78 is 37.7. The number of carbonyl (C=O) groups excluding carboxylic acids is 1. The summed E-state index contributed by atoms with van der Waals surface area (Å²) in [6, 6.07) is 1.31. The van der Waals surface area contributed by atoms with E-state index in [-0.39, 0.29) is 22.5 Å². The number of aryl methyl sites for hydroxylation is 1. The smallest absolute Gasteiger partial charge is 0.373 e. The highest BCUT2D eigenvalue weighted by molar-refractivity contribution is 7.89. The Labute approximate surface area is 129 Å². The van der Waals surface area contributed by atoms with Gasteiger partial charge >= 0.3 is 5.97 Å². The number of furan rings is 1. The van der Waals surface area contributed by atoms with Crippen LogP contribution in [0.25, 0.3) is 0 Å². The van der Waals surface area contributed by atoms with Gasteiger partial charge in [-0.25, -0.2) is 17.9 Å². The lowest BCUT2D eigenvalue weighted by Crippen LogP contribution is -2.30. The van der Waals surface area contributed by atoms with Crippen molar-refractivity contribution in [1.82, 2.24) is 4.72 Å². The zero-order valence-corrected chi connectivity index (χ0v) is 13.4. The molecule has 4 atom stereocenters. The average Bonchev–Trinajstić information content (AvgIpc) is 2.89. The van der Waals surface area contributed by atoms with Crippen molar-refractivity contribution in [1.29, 1.82) is 0 Å². The molecule has 0 spiro atoms. The molecule has 0 amide bonds. The first kappa shape index (κ1) is 14.3. The number of carbonyl (C=O) groups is 1. The van der Waals surface area contributed by atoms with Gasteiger partial charge in [0.25, 0.3) is 0 Å². The maximum Gasteiger partial charge on any atom is 0.373 e. The van der Waals surface area contributed by atoms with Crippen LogP contribution in [0.2, 0.25) is 0 Å². The van der Waals surface area contributed by atoms with Crippen LogP contribution in [0.5, 0.6) is 0 Å². The first-order valence-corrected chi connectivity index (χ1v) is 9.12. The Morgan fingerprint density at radius 2 is 1.95 bits per heavy atom. The summed E-state index contributed by atoms with van der Waals surface area (Å²) in [7, 11) is -2.43. The van der Waals surface area contributed by atoms with E-state index in [1.165, 1.54) is 32.4 Å². The fourth-order valence-corrected chi connectivity index (χ4v) is 6.14. The maximum absolute atomic E-state index is 12.6.